The Bertz CT molecular complexity index is 137. The van der Waals surface area contributed by atoms with Crippen LogP contribution in [0.15, 0.2) is 0 Å². The third kappa shape index (κ3) is 3.48. The summed E-state index contributed by atoms with van der Waals surface area (Å²) in [4.78, 5) is 15.2. The zero-order valence-electron chi connectivity index (χ0n) is 6.21. The van der Waals surface area contributed by atoms with Crippen molar-refractivity contribution in [3.63, 3.8) is 0 Å². The molecule has 2 amide bonds. The second-order valence-corrected chi connectivity index (χ2v) is 3.65. The Kier molecular flexibility index (Phi) is 3.51. The topological polar surface area (TPSA) is 64.4 Å². The van der Waals surface area contributed by atoms with Crippen molar-refractivity contribution in [2.75, 3.05) is 5.75 Å². The molecule has 4 nitrogen and oxygen atoms in total. The number of nitrogens with one attached hydrogen (secondary N) is 1. The number of hydroxylamine groups is 1. The van der Waals surface area contributed by atoms with Crippen molar-refractivity contribution in [2.45, 2.75) is 24.7 Å². The lowest BCUT2D eigenvalue weighted by atomic mass is 10.2. The van der Waals surface area contributed by atoms with Crippen molar-refractivity contribution in [3.05, 3.63) is 0 Å². The molecule has 1 heterocycles. The van der Waals surface area contributed by atoms with Gasteiger partial charge in [0.15, 0.2) is 0 Å². The van der Waals surface area contributed by atoms with Gasteiger partial charge in [0.05, 0.1) is 0 Å². The van der Waals surface area contributed by atoms with Crippen molar-refractivity contribution in [1.82, 2.24) is 5.48 Å². The molecular formula is C6H12N2O2S. The predicted octanol–water partition coefficient (Wildman–Crippen LogP) is 0.829. The van der Waals surface area contributed by atoms with Crippen molar-refractivity contribution in [2.24, 2.45) is 5.73 Å². The molecule has 5 heteroatoms. The van der Waals surface area contributed by atoms with Gasteiger partial charge in [-0.25, -0.2) is 10.3 Å². The average Bonchev–Trinajstić information content (AvgIpc) is 2.03. The van der Waals surface area contributed by atoms with Crippen LogP contribution in [0.1, 0.15) is 19.3 Å². The maximum atomic E-state index is 10.2. The predicted molar refractivity (Wildman–Crippen MR) is 43.9 cm³/mol. The summed E-state index contributed by atoms with van der Waals surface area (Å²) in [6.45, 7) is 0. The van der Waals surface area contributed by atoms with Gasteiger partial charge in [0.25, 0.3) is 0 Å². The summed E-state index contributed by atoms with van der Waals surface area (Å²) in [5.41, 5.74) is 7.05. The molecule has 1 atom stereocenters. The Balaban J connectivity index is 2.09. The van der Waals surface area contributed by atoms with Gasteiger partial charge in [-0.1, -0.05) is 0 Å². The van der Waals surface area contributed by atoms with E-state index < -0.39 is 6.03 Å². The highest BCUT2D eigenvalue weighted by atomic mass is 32.2. The van der Waals surface area contributed by atoms with Gasteiger partial charge in [-0.15, -0.1) is 11.8 Å². The number of hydrogen-bond donors (Lipinski definition) is 2. The molecule has 1 saturated heterocycles. The molecule has 1 aliphatic rings. The SMILES string of the molecule is NC(=O)NOC1CCCCS1. The number of primary amides is 1. The standard InChI is InChI=1S/C6H12N2O2S/c7-6(9)8-10-5-3-1-2-4-11-5/h5H,1-4H2,(H3,7,8,9). The van der Waals surface area contributed by atoms with Gasteiger partial charge in [-0.05, 0) is 25.0 Å². The van der Waals surface area contributed by atoms with Crippen molar-refractivity contribution in [1.29, 1.82) is 0 Å². The number of hydrogen-bond acceptors (Lipinski definition) is 3. The largest absolute Gasteiger partial charge is 0.350 e. The van der Waals surface area contributed by atoms with Gasteiger partial charge in [-0.2, -0.15) is 0 Å². The number of urea groups is 1. The smallest absolute Gasteiger partial charge is 0.336 e. The lowest BCUT2D eigenvalue weighted by Gasteiger charge is -2.20. The molecule has 0 radical (unpaired) electrons. The normalized spacial score (nSPS) is 24.5. The third-order valence-corrected chi connectivity index (χ3v) is 2.66. The summed E-state index contributed by atoms with van der Waals surface area (Å²) in [5.74, 6) is 1.10. The van der Waals surface area contributed by atoms with E-state index in [1.807, 2.05) is 0 Å². The fraction of sp³-hybridized carbons (Fsp3) is 0.833. The molecular weight excluding hydrogens is 164 g/mol. The second kappa shape index (κ2) is 4.46. The van der Waals surface area contributed by atoms with Crippen molar-refractivity contribution < 1.29 is 9.63 Å². The highest BCUT2D eigenvalue weighted by Gasteiger charge is 2.14. The van der Waals surface area contributed by atoms with Crippen molar-refractivity contribution >= 4 is 17.8 Å². The number of carbonyl (C=O) groups excluding carboxylic acids is 1. The molecule has 0 aromatic rings. The van der Waals surface area contributed by atoms with Crippen molar-refractivity contribution in [3.8, 4) is 0 Å². The van der Waals surface area contributed by atoms with Crippen LogP contribution < -0.4 is 11.2 Å². The molecule has 0 aliphatic carbocycles. The van der Waals surface area contributed by atoms with E-state index in [1.165, 1.54) is 6.42 Å². The fourth-order valence-corrected chi connectivity index (χ4v) is 2.01. The summed E-state index contributed by atoms with van der Waals surface area (Å²) in [7, 11) is 0. The number of rotatable bonds is 2. The molecule has 0 saturated carbocycles. The first-order chi connectivity index (χ1) is 5.29. The number of thioether (sulfide) groups is 1. The monoisotopic (exact) mass is 176 g/mol. The van der Waals surface area contributed by atoms with Crippen LogP contribution in [0.3, 0.4) is 0 Å². The number of carbonyl (C=O) groups is 1. The highest BCUT2D eigenvalue weighted by molar-refractivity contribution is 7.99. The molecule has 64 valence electrons. The van der Waals surface area contributed by atoms with E-state index in [2.05, 4.69) is 5.48 Å². The first kappa shape index (κ1) is 8.67. The third-order valence-electron chi connectivity index (χ3n) is 1.43. The molecule has 0 bridgehead atoms. The molecule has 1 fully saturated rings. The lowest BCUT2D eigenvalue weighted by Crippen LogP contribution is -2.33. The van der Waals surface area contributed by atoms with Gasteiger partial charge in [-0.3, -0.25) is 4.84 Å². The second-order valence-electron chi connectivity index (χ2n) is 2.38. The van der Waals surface area contributed by atoms with Crippen LogP contribution in [-0.4, -0.2) is 17.2 Å². The molecule has 1 aliphatic heterocycles. The molecule has 1 unspecified atom stereocenters. The van der Waals surface area contributed by atoms with E-state index in [-0.39, 0.29) is 5.44 Å². The Morgan fingerprint density at radius 1 is 1.64 bits per heavy atom. The van der Waals surface area contributed by atoms with E-state index in [0.29, 0.717) is 0 Å². The van der Waals surface area contributed by atoms with Crippen LogP contribution >= 0.6 is 11.8 Å². The molecule has 0 spiro atoms. The summed E-state index contributed by atoms with van der Waals surface area (Å²) in [6.07, 6.45) is 3.39. The van der Waals surface area contributed by atoms with E-state index in [1.54, 1.807) is 11.8 Å². The first-order valence-electron chi connectivity index (χ1n) is 3.62. The summed E-state index contributed by atoms with van der Waals surface area (Å²) in [5, 5.41) is 0. The first-order valence-corrected chi connectivity index (χ1v) is 4.66. The summed E-state index contributed by atoms with van der Waals surface area (Å²) in [6, 6.07) is -0.629. The quantitative estimate of drug-likeness (QED) is 0.612. The molecule has 11 heavy (non-hydrogen) atoms. The zero-order valence-corrected chi connectivity index (χ0v) is 7.02. The van der Waals surface area contributed by atoms with E-state index in [9.17, 15) is 4.79 Å². The molecule has 3 N–H and O–H groups in total. The minimum atomic E-state index is -0.629. The van der Waals surface area contributed by atoms with E-state index >= 15 is 0 Å². The summed E-state index contributed by atoms with van der Waals surface area (Å²) < 4.78 is 0. The average molecular weight is 176 g/mol. The Morgan fingerprint density at radius 2 is 2.45 bits per heavy atom. The van der Waals surface area contributed by atoms with E-state index in [0.717, 1.165) is 18.6 Å². The van der Waals surface area contributed by atoms with Crippen LogP contribution in [0.25, 0.3) is 0 Å². The van der Waals surface area contributed by atoms with Gasteiger partial charge >= 0.3 is 6.03 Å². The van der Waals surface area contributed by atoms with Crippen LogP contribution in [0.2, 0.25) is 0 Å². The highest BCUT2D eigenvalue weighted by Crippen LogP contribution is 2.24. The lowest BCUT2D eigenvalue weighted by molar-refractivity contribution is 0.0399. The Morgan fingerprint density at radius 3 is 3.00 bits per heavy atom. The minimum absolute atomic E-state index is 0.0937. The van der Waals surface area contributed by atoms with Crippen LogP contribution in [-0.2, 0) is 4.84 Å². The molecule has 0 aromatic carbocycles. The molecule has 1 rings (SSSR count). The summed E-state index contributed by atoms with van der Waals surface area (Å²) >= 11 is 1.71. The fourth-order valence-electron chi connectivity index (χ4n) is 0.928. The van der Waals surface area contributed by atoms with Gasteiger partial charge in [0.1, 0.15) is 5.44 Å². The number of nitrogens with two attached hydrogens (primary N) is 1. The Labute approximate surface area is 69.8 Å². The Hall–Kier alpha value is -0.420. The van der Waals surface area contributed by atoms with E-state index in [4.69, 9.17) is 10.6 Å². The minimum Gasteiger partial charge on any atom is -0.350 e. The van der Waals surface area contributed by atoms with Gasteiger partial charge in [0.2, 0.25) is 0 Å². The zero-order chi connectivity index (χ0) is 8.10. The molecule has 0 aromatic heterocycles. The maximum Gasteiger partial charge on any atom is 0.336 e. The van der Waals surface area contributed by atoms with Crippen LogP contribution in [0.4, 0.5) is 4.79 Å². The van der Waals surface area contributed by atoms with Crippen LogP contribution in [0.5, 0.6) is 0 Å². The van der Waals surface area contributed by atoms with Gasteiger partial charge < -0.3 is 5.73 Å². The maximum absolute atomic E-state index is 10.2. The number of amides is 2. The van der Waals surface area contributed by atoms with Crippen LogP contribution in [0, 0.1) is 0 Å². The van der Waals surface area contributed by atoms with Gasteiger partial charge in [0, 0.05) is 0 Å².